The Labute approximate surface area is 184 Å². The molecule has 2 unspecified atom stereocenters. The van der Waals surface area contributed by atoms with E-state index in [-0.39, 0.29) is 17.6 Å². The standard InChI is InChI=1S/C21H26O11/c1-9-6-15(25)19(30-11(3)23)21(31-9)18(29-10(2)22)13-7-16(26)20(5,32-12(4)24)17(27)14(13)8-28-21/h9,15,18-19,25H,6-8H2,1-5H3/t9-,15-,18?,19-,20?,21+/m0/s1. The Hall–Kier alpha value is -2.63. The van der Waals surface area contributed by atoms with Crippen LogP contribution in [0.25, 0.3) is 0 Å². The SMILES string of the molecule is CC(=O)OC1C2=C(CO[C@@]13O[C@@H](C)C[C@H](O)[C@@H]3OC(C)=O)C(=O)C(C)(OC(C)=O)C(=O)C2. The van der Waals surface area contributed by atoms with Gasteiger partial charge in [0.2, 0.25) is 11.4 Å². The van der Waals surface area contributed by atoms with E-state index >= 15 is 0 Å². The fraction of sp³-hybridized carbons (Fsp3) is 0.667. The Morgan fingerprint density at radius 2 is 1.69 bits per heavy atom. The number of hydrogen-bond acceptors (Lipinski definition) is 11. The molecule has 1 saturated heterocycles. The van der Waals surface area contributed by atoms with Gasteiger partial charge in [-0.15, -0.1) is 0 Å². The second-order valence-corrected chi connectivity index (χ2v) is 8.32. The van der Waals surface area contributed by atoms with Gasteiger partial charge in [0.1, 0.15) is 0 Å². The first-order chi connectivity index (χ1) is 14.8. The summed E-state index contributed by atoms with van der Waals surface area (Å²) in [6, 6.07) is 0. The Balaban J connectivity index is 2.15. The highest BCUT2D eigenvalue weighted by Gasteiger charge is 2.64. The summed E-state index contributed by atoms with van der Waals surface area (Å²) >= 11 is 0. The summed E-state index contributed by atoms with van der Waals surface area (Å²) in [7, 11) is 0. The van der Waals surface area contributed by atoms with Crippen molar-refractivity contribution in [3.63, 3.8) is 0 Å². The lowest BCUT2D eigenvalue weighted by atomic mass is 9.73. The van der Waals surface area contributed by atoms with Crippen molar-refractivity contribution >= 4 is 29.5 Å². The van der Waals surface area contributed by atoms with Crippen molar-refractivity contribution < 1.29 is 52.8 Å². The van der Waals surface area contributed by atoms with Gasteiger partial charge >= 0.3 is 17.9 Å². The summed E-state index contributed by atoms with van der Waals surface area (Å²) in [4.78, 5) is 61.3. The van der Waals surface area contributed by atoms with Crippen LogP contribution in [0, 0.1) is 0 Å². The molecule has 2 aliphatic heterocycles. The van der Waals surface area contributed by atoms with Gasteiger partial charge < -0.3 is 28.8 Å². The molecule has 0 aromatic heterocycles. The van der Waals surface area contributed by atoms with Gasteiger partial charge in [-0.3, -0.25) is 24.0 Å². The summed E-state index contributed by atoms with van der Waals surface area (Å²) < 4.78 is 27.6. The lowest BCUT2D eigenvalue weighted by Crippen LogP contribution is -2.69. The second-order valence-electron chi connectivity index (χ2n) is 8.32. The Morgan fingerprint density at radius 1 is 1.06 bits per heavy atom. The molecule has 0 aromatic rings. The highest BCUT2D eigenvalue weighted by Crippen LogP contribution is 2.46. The number of hydrogen-bond donors (Lipinski definition) is 1. The van der Waals surface area contributed by atoms with E-state index in [0.29, 0.717) is 0 Å². The average Bonchev–Trinajstić information content (AvgIpc) is 2.65. The normalized spacial score (nSPS) is 37.1. The molecule has 0 aromatic carbocycles. The molecule has 6 atom stereocenters. The third-order valence-electron chi connectivity index (χ3n) is 5.73. The van der Waals surface area contributed by atoms with Gasteiger partial charge in [-0.25, -0.2) is 0 Å². The van der Waals surface area contributed by atoms with Gasteiger partial charge in [0.05, 0.1) is 18.8 Å². The fourth-order valence-corrected chi connectivity index (χ4v) is 4.46. The van der Waals surface area contributed by atoms with E-state index in [9.17, 15) is 29.1 Å². The van der Waals surface area contributed by atoms with Crippen LogP contribution < -0.4 is 0 Å². The van der Waals surface area contributed by atoms with Crippen LogP contribution in [0.4, 0.5) is 0 Å². The van der Waals surface area contributed by atoms with Crippen molar-refractivity contribution in [2.45, 2.75) is 83.3 Å². The molecule has 0 saturated carbocycles. The van der Waals surface area contributed by atoms with E-state index < -0.39 is 78.3 Å². The van der Waals surface area contributed by atoms with Crippen molar-refractivity contribution in [2.24, 2.45) is 0 Å². The van der Waals surface area contributed by atoms with E-state index in [2.05, 4.69) is 0 Å². The van der Waals surface area contributed by atoms with Crippen LogP contribution in [0.3, 0.4) is 0 Å². The van der Waals surface area contributed by atoms with Crippen molar-refractivity contribution in [3.8, 4) is 0 Å². The smallest absolute Gasteiger partial charge is 0.304 e. The summed E-state index contributed by atoms with van der Waals surface area (Å²) in [5.74, 6) is -5.85. The Morgan fingerprint density at radius 3 is 2.25 bits per heavy atom. The Bertz CT molecular complexity index is 905. The predicted molar refractivity (Wildman–Crippen MR) is 103 cm³/mol. The van der Waals surface area contributed by atoms with Crippen LogP contribution >= 0.6 is 0 Å². The van der Waals surface area contributed by atoms with Gasteiger partial charge in [0, 0.05) is 39.2 Å². The summed E-state index contributed by atoms with van der Waals surface area (Å²) in [5.41, 5.74) is -1.97. The number of aliphatic hydroxyl groups excluding tert-OH is 1. The lowest BCUT2D eigenvalue weighted by molar-refractivity contribution is -0.366. The highest BCUT2D eigenvalue weighted by molar-refractivity contribution is 6.21. The van der Waals surface area contributed by atoms with Gasteiger partial charge in [-0.2, -0.15) is 0 Å². The number of Topliss-reactive ketones (excluding diaryl/α,β-unsaturated/α-hetero) is 2. The van der Waals surface area contributed by atoms with Gasteiger partial charge in [0.15, 0.2) is 18.0 Å². The molecular weight excluding hydrogens is 428 g/mol. The monoisotopic (exact) mass is 454 g/mol. The number of carbonyl (C=O) groups is 5. The van der Waals surface area contributed by atoms with Gasteiger partial charge in [-0.1, -0.05) is 0 Å². The molecule has 11 heteroatoms. The number of esters is 3. The minimum absolute atomic E-state index is 0.0110. The second kappa shape index (κ2) is 8.38. The lowest BCUT2D eigenvalue weighted by Gasteiger charge is -2.53. The third-order valence-corrected chi connectivity index (χ3v) is 5.73. The molecule has 2 heterocycles. The number of ether oxygens (including phenoxy) is 5. The summed E-state index contributed by atoms with van der Waals surface area (Å²) in [6.07, 6.45) is -5.01. The Kier molecular flexibility index (Phi) is 6.29. The van der Waals surface area contributed by atoms with E-state index in [1.807, 2.05) is 0 Å². The maximum Gasteiger partial charge on any atom is 0.304 e. The van der Waals surface area contributed by atoms with Crippen molar-refractivity contribution in [2.75, 3.05) is 6.61 Å². The van der Waals surface area contributed by atoms with Crippen LogP contribution in [0.2, 0.25) is 0 Å². The zero-order chi connectivity index (χ0) is 24.0. The van der Waals surface area contributed by atoms with E-state index in [0.717, 1.165) is 20.8 Å². The van der Waals surface area contributed by atoms with E-state index in [1.165, 1.54) is 6.92 Å². The minimum atomic E-state index is -2.05. The van der Waals surface area contributed by atoms with Crippen LogP contribution in [-0.4, -0.2) is 77.0 Å². The summed E-state index contributed by atoms with van der Waals surface area (Å²) in [5, 5.41) is 10.7. The molecule has 0 radical (unpaired) electrons. The molecule has 11 nitrogen and oxygen atoms in total. The van der Waals surface area contributed by atoms with Crippen molar-refractivity contribution in [3.05, 3.63) is 11.1 Å². The first-order valence-electron chi connectivity index (χ1n) is 10.2. The molecular formula is C21H26O11. The van der Waals surface area contributed by atoms with Crippen LogP contribution in [0.15, 0.2) is 11.1 Å². The zero-order valence-corrected chi connectivity index (χ0v) is 18.5. The molecule has 3 aliphatic rings. The number of ketones is 2. The minimum Gasteiger partial charge on any atom is -0.454 e. The maximum absolute atomic E-state index is 13.2. The van der Waals surface area contributed by atoms with Crippen molar-refractivity contribution in [1.82, 2.24) is 0 Å². The molecule has 0 amide bonds. The quantitative estimate of drug-likeness (QED) is 0.346. The zero-order valence-electron chi connectivity index (χ0n) is 18.5. The molecule has 0 bridgehead atoms. The first kappa shape index (κ1) is 24.0. The highest BCUT2D eigenvalue weighted by atomic mass is 16.8. The van der Waals surface area contributed by atoms with E-state index in [1.54, 1.807) is 6.92 Å². The molecule has 1 aliphatic carbocycles. The van der Waals surface area contributed by atoms with E-state index in [4.69, 9.17) is 23.7 Å². The number of aliphatic hydroxyl groups is 1. The molecule has 176 valence electrons. The van der Waals surface area contributed by atoms with Gasteiger partial charge in [-0.05, 0) is 19.4 Å². The van der Waals surface area contributed by atoms with Crippen LogP contribution in [-0.2, 0) is 47.7 Å². The predicted octanol–water partition coefficient (Wildman–Crippen LogP) is -0.0937. The van der Waals surface area contributed by atoms with Crippen molar-refractivity contribution in [1.29, 1.82) is 0 Å². The molecule has 32 heavy (non-hydrogen) atoms. The maximum atomic E-state index is 13.2. The molecule has 1 fully saturated rings. The molecule has 1 spiro atoms. The molecule has 3 rings (SSSR count). The average molecular weight is 454 g/mol. The summed E-state index contributed by atoms with van der Waals surface area (Å²) in [6.45, 7) is 5.74. The number of carbonyl (C=O) groups excluding carboxylic acids is 5. The largest absolute Gasteiger partial charge is 0.454 e. The first-order valence-corrected chi connectivity index (χ1v) is 10.2. The van der Waals surface area contributed by atoms with Crippen LogP contribution in [0.1, 0.15) is 47.5 Å². The fourth-order valence-electron chi connectivity index (χ4n) is 4.46. The van der Waals surface area contributed by atoms with Gasteiger partial charge in [0.25, 0.3) is 5.79 Å². The molecule has 1 N–H and O–H groups in total. The third kappa shape index (κ3) is 3.96. The topological polar surface area (TPSA) is 152 Å². The number of rotatable bonds is 3. The van der Waals surface area contributed by atoms with Crippen LogP contribution in [0.5, 0.6) is 0 Å².